The first-order chi connectivity index (χ1) is 16.4. The van der Waals surface area contributed by atoms with E-state index in [1.807, 2.05) is 44.2 Å². The van der Waals surface area contributed by atoms with Gasteiger partial charge in [0.05, 0.1) is 7.11 Å². The molecule has 1 fully saturated rings. The van der Waals surface area contributed by atoms with E-state index in [9.17, 15) is 19.2 Å². The third-order valence-electron chi connectivity index (χ3n) is 5.61. The molecule has 1 aliphatic heterocycles. The summed E-state index contributed by atoms with van der Waals surface area (Å²) in [5, 5.41) is 5.56. The quantitative estimate of drug-likeness (QED) is 0.516. The van der Waals surface area contributed by atoms with Gasteiger partial charge in [-0.3, -0.25) is 14.5 Å². The first-order valence-electron chi connectivity index (χ1n) is 12.1. The molecule has 3 atom stereocenters. The Morgan fingerprint density at radius 3 is 2.29 bits per heavy atom. The zero-order chi connectivity index (χ0) is 26.2. The Balaban J connectivity index is 2.20. The van der Waals surface area contributed by atoms with Gasteiger partial charge in [0.25, 0.3) is 0 Å². The highest BCUT2D eigenvalue weighted by atomic mass is 16.6. The highest BCUT2D eigenvalue weighted by molar-refractivity contribution is 5.93. The molecule has 1 saturated heterocycles. The van der Waals surface area contributed by atoms with Gasteiger partial charge in [0.2, 0.25) is 11.8 Å². The molecule has 1 aromatic rings. The molecule has 0 saturated carbocycles. The van der Waals surface area contributed by atoms with E-state index in [1.54, 1.807) is 20.8 Å². The minimum absolute atomic E-state index is 0.141. The number of carbonyl (C=O) groups is 4. The first kappa shape index (κ1) is 28.1. The molecule has 2 N–H and O–H groups in total. The third-order valence-corrected chi connectivity index (χ3v) is 5.61. The molecule has 35 heavy (non-hydrogen) atoms. The number of likely N-dealkylation sites (tertiary alicyclic amines) is 1. The molecule has 9 nitrogen and oxygen atoms in total. The molecule has 0 aliphatic carbocycles. The maximum Gasteiger partial charge on any atom is 0.410 e. The molecule has 0 unspecified atom stereocenters. The molecule has 9 heteroatoms. The number of benzene rings is 1. The largest absolute Gasteiger partial charge is 0.467 e. The topological polar surface area (TPSA) is 114 Å². The Bertz CT molecular complexity index is 881. The molecule has 1 aromatic carbocycles. The van der Waals surface area contributed by atoms with E-state index in [0.717, 1.165) is 5.56 Å². The first-order valence-corrected chi connectivity index (χ1v) is 12.1. The summed E-state index contributed by atoms with van der Waals surface area (Å²) in [5.74, 6) is -1.31. The summed E-state index contributed by atoms with van der Waals surface area (Å²) < 4.78 is 10.3. The zero-order valence-corrected chi connectivity index (χ0v) is 21.6. The molecule has 0 spiro atoms. The van der Waals surface area contributed by atoms with E-state index in [4.69, 9.17) is 9.47 Å². The van der Waals surface area contributed by atoms with Crippen molar-refractivity contribution in [2.75, 3.05) is 13.7 Å². The molecule has 0 bridgehead atoms. The SMILES string of the molecule is COC(=O)[C@@H](CC(C)C)NC(=O)[C@@H](Cc1ccccc1)NC(=O)[C@@H]1CCCN1C(=O)OC(C)(C)C. The van der Waals surface area contributed by atoms with Crippen LogP contribution in [0.15, 0.2) is 30.3 Å². The minimum atomic E-state index is -0.940. The number of ether oxygens (including phenoxy) is 2. The fraction of sp³-hybridized carbons (Fsp3) is 0.615. The lowest BCUT2D eigenvalue weighted by Crippen LogP contribution is -2.56. The second-order valence-electron chi connectivity index (χ2n) is 10.3. The third kappa shape index (κ3) is 8.88. The normalized spacial score (nSPS) is 17.5. The molecule has 2 rings (SSSR count). The molecular weight excluding hydrogens is 450 g/mol. The predicted octanol–water partition coefficient (Wildman–Crippen LogP) is 2.82. The second kappa shape index (κ2) is 12.6. The molecule has 0 radical (unpaired) electrons. The zero-order valence-electron chi connectivity index (χ0n) is 21.6. The van der Waals surface area contributed by atoms with Crippen molar-refractivity contribution < 1.29 is 28.7 Å². The van der Waals surface area contributed by atoms with Crippen LogP contribution in [0, 0.1) is 5.92 Å². The lowest BCUT2D eigenvalue weighted by Gasteiger charge is -2.29. The van der Waals surface area contributed by atoms with Crippen LogP contribution >= 0.6 is 0 Å². The van der Waals surface area contributed by atoms with Crippen molar-refractivity contribution in [3.05, 3.63) is 35.9 Å². The number of hydrogen-bond acceptors (Lipinski definition) is 6. The van der Waals surface area contributed by atoms with Gasteiger partial charge in [-0.25, -0.2) is 9.59 Å². The summed E-state index contributed by atoms with van der Waals surface area (Å²) in [4.78, 5) is 52.8. The number of rotatable bonds is 9. The van der Waals surface area contributed by atoms with E-state index < -0.39 is 47.6 Å². The number of carbonyl (C=O) groups excluding carboxylic acids is 4. The van der Waals surface area contributed by atoms with Crippen LogP contribution in [0.3, 0.4) is 0 Å². The summed E-state index contributed by atoms with van der Waals surface area (Å²) in [7, 11) is 1.27. The number of methoxy groups -OCH3 is 1. The van der Waals surface area contributed by atoms with E-state index in [1.165, 1.54) is 12.0 Å². The van der Waals surface area contributed by atoms with Crippen molar-refractivity contribution in [3.63, 3.8) is 0 Å². The van der Waals surface area contributed by atoms with Crippen molar-refractivity contribution in [1.29, 1.82) is 0 Å². The van der Waals surface area contributed by atoms with Crippen LogP contribution in [0.1, 0.15) is 59.4 Å². The van der Waals surface area contributed by atoms with Gasteiger partial charge >= 0.3 is 12.1 Å². The van der Waals surface area contributed by atoms with Crippen LogP contribution in [0.4, 0.5) is 4.79 Å². The maximum atomic E-state index is 13.3. The van der Waals surface area contributed by atoms with Gasteiger partial charge < -0.3 is 20.1 Å². The van der Waals surface area contributed by atoms with Crippen molar-refractivity contribution in [2.45, 2.75) is 84.0 Å². The Morgan fingerprint density at radius 1 is 1.06 bits per heavy atom. The number of nitrogens with one attached hydrogen (secondary N) is 2. The molecule has 194 valence electrons. The summed E-state index contributed by atoms with van der Waals surface area (Å²) in [6.07, 6.45) is 1.21. The van der Waals surface area contributed by atoms with Gasteiger partial charge in [-0.15, -0.1) is 0 Å². The Hall–Kier alpha value is -3.10. The predicted molar refractivity (Wildman–Crippen MR) is 131 cm³/mol. The smallest absolute Gasteiger partial charge is 0.410 e. The van der Waals surface area contributed by atoms with E-state index in [2.05, 4.69) is 10.6 Å². The van der Waals surface area contributed by atoms with Crippen LogP contribution < -0.4 is 10.6 Å². The molecule has 0 aromatic heterocycles. The number of amides is 3. The second-order valence-corrected chi connectivity index (χ2v) is 10.3. The molecule has 3 amide bonds. The fourth-order valence-electron chi connectivity index (χ4n) is 4.01. The van der Waals surface area contributed by atoms with E-state index >= 15 is 0 Å². The number of hydrogen-bond donors (Lipinski definition) is 2. The average molecular weight is 490 g/mol. The van der Waals surface area contributed by atoms with Crippen LogP contribution in [-0.2, 0) is 30.3 Å². The lowest BCUT2D eigenvalue weighted by atomic mass is 10.0. The highest BCUT2D eigenvalue weighted by Crippen LogP contribution is 2.21. The minimum Gasteiger partial charge on any atom is -0.467 e. The monoisotopic (exact) mass is 489 g/mol. The highest BCUT2D eigenvalue weighted by Gasteiger charge is 2.38. The number of esters is 1. The van der Waals surface area contributed by atoms with Crippen molar-refractivity contribution in [3.8, 4) is 0 Å². The van der Waals surface area contributed by atoms with Gasteiger partial charge in [0, 0.05) is 13.0 Å². The maximum absolute atomic E-state index is 13.3. The molecule has 1 heterocycles. The van der Waals surface area contributed by atoms with Crippen molar-refractivity contribution >= 4 is 23.9 Å². The average Bonchev–Trinajstić information content (AvgIpc) is 3.27. The van der Waals surface area contributed by atoms with Crippen molar-refractivity contribution in [2.24, 2.45) is 5.92 Å². The summed E-state index contributed by atoms with van der Waals surface area (Å²) in [6, 6.07) is 6.79. The Kier molecular flexibility index (Phi) is 10.1. The summed E-state index contributed by atoms with van der Waals surface area (Å²) >= 11 is 0. The van der Waals surface area contributed by atoms with Crippen LogP contribution in [0.5, 0.6) is 0 Å². The van der Waals surface area contributed by atoms with Gasteiger partial charge in [0.1, 0.15) is 23.7 Å². The van der Waals surface area contributed by atoms with Gasteiger partial charge in [-0.2, -0.15) is 0 Å². The summed E-state index contributed by atoms with van der Waals surface area (Å²) in [5.41, 5.74) is 0.164. The van der Waals surface area contributed by atoms with Gasteiger partial charge in [-0.1, -0.05) is 44.2 Å². The Morgan fingerprint density at radius 2 is 1.71 bits per heavy atom. The van der Waals surface area contributed by atoms with Crippen LogP contribution in [-0.4, -0.2) is 66.2 Å². The molecular formula is C26H39N3O6. The molecule has 1 aliphatic rings. The Labute approximate surface area is 207 Å². The lowest BCUT2D eigenvalue weighted by molar-refractivity contribution is -0.145. The van der Waals surface area contributed by atoms with E-state index in [0.29, 0.717) is 25.8 Å². The van der Waals surface area contributed by atoms with E-state index in [-0.39, 0.29) is 12.3 Å². The number of nitrogens with zero attached hydrogens (tertiary/aromatic N) is 1. The summed E-state index contributed by atoms with van der Waals surface area (Å²) in [6.45, 7) is 9.59. The van der Waals surface area contributed by atoms with Gasteiger partial charge in [0.15, 0.2) is 0 Å². The fourth-order valence-corrected chi connectivity index (χ4v) is 4.01. The van der Waals surface area contributed by atoms with Crippen molar-refractivity contribution in [1.82, 2.24) is 15.5 Å². The van der Waals surface area contributed by atoms with Crippen LogP contribution in [0.2, 0.25) is 0 Å². The van der Waals surface area contributed by atoms with Crippen LogP contribution in [0.25, 0.3) is 0 Å². The van der Waals surface area contributed by atoms with Gasteiger partial charge in [-0.05, 0) is 51.5 Å². The standard InChI is InChI=1S/C26H39N3O6/c1-17(2)15-20(24(32)34-6)28-22(30)19(16-18-11-8-7-9-12-18)27-23(31)21-13-10-14-29(21)25(33)35-26(3,4)5/h7-9,11-12,17,19-21H,10,13-16H2,1-6H3,(H,27,31)(H,28,30)/t19-,20-,21+/m1/s1.